The molecule has 150 valence electrons. The second-order valence-electron chi connectivity index (χ2n) is 6.93. The summed E-state index contributed by atoms with van der Waals surface area (Å²) in [5.74, 6) is -0.301. The SMILES string of the molecule is CCC(C(=O)Nc1n[nH]c(-c2ccc(F)cc2)c1-c1ccncc1)c1ccccc1. The van der Waals surface area contributed by atoms with Gasteiger partial charge in [0.25, 0.3) is 0 Å². The van der Waals surface area contributed by atoms with E-state index in [1.807, 2.05) is 49.4 Å². The summed E-state index contributed by atoms with van der Waals surface area (Å²) in [5.41, 5.74) is 4.01. The fraction of sp³-hybridized carbons (Fsp3) is 0.125. The van der Waals surface area contributed by atoms with Gasteiger partial charge in [0.2, 0.25) is 5.91 Å². The Labute approximate surface area is 174 Å². The summed E-state index contributed by atoms with van der Waals surface area (Å²) in [4.78, 5) is 17.2. The molecular formula is C24H21FN4O. The first-order chi connectivity index (χ1) is 14.7. The summed E-state index contributed by atoms with van der Waals surface area (Å²) in [6, 6.07) is 19.5. The van der Waals surface area contributed by atoms with E-state index in [4.69, 9.17) is 0 Å². The molecule has 4 aromatic rings. The lowest BCUT2D eigenvalue weighted by Gasteiger charge is -2.15. The Kier molecular flexibility index (Phi) is 5.66. The Morgan fingerprint density at radius 3 is 2.37 bits per heavy atom. The summed E-state index contributed by atoms with van der Waals surface area (Å²) in [5, 5.41) is 10.4. The van der Waals surface area contributed by atoms with E-state index in [1.54, 1.807) is 24.5 Å². The van der Waals surface area contributed by atoms with E-state index < -0.39 is 0 Å². The maximum absolute atomic E-state index is 13.4. The standard InChI is InChI=1S/C24H21FN4O/c1-2-20(16-6-4-3-5-7-16)24(30)27-23-21(17-12-14-26-15-13-17)22(28-29-23)18-8-10-19(25)11-9-18/h3-15,20H,2H2,1H3,(H2,27,28,29,30). The topological polar surface area (TPSA) is 70.7 Å². The molecule has 30 heavy (non-hydrogen) atoms. The van der Waals surface area contributed by atoms with Crippen LogP contribution in [0.4, 0.5) is 10.2 Å². The first kappa shape index (κ1) is 19.5. The van der Waals surface area contributed by atoms with Gasteiger partial charge in [-0.25, -0.2) is 4.39 Å². The number of halogens is 1. The van der Waals surface area contributed by atoms with Crippen LogP contribution in [0.2, 0.25) is 0 Å². The van der Waals surface area contributed by atoms with Crippen molar-refractivity contribution in [1.82, 2.24) is 15.2 Å². The number of carbonyl (C=O) groups excluding carboxylic acids is 1. The average molecular weight is 400 g/mol. The van der Waals surface area contributed by atoms with Crippen LogP contribution in [0.3, 0.4) is 0 Å². The monoisotopic (exact) mass is 400 g/mol. The van der Waals surface area contributed by atoms with Crippen molar-refractivity contribution in [3.63, 3.8) is 0 Å². The zero-order valence-corrected chi connectivity index (χ0v) is 16.5. The number of amides is 1. The highest BCUT2D eigenvalue weighted by molar-refractivity contribution is 6.00. The number of aromatic nitrogens is 3. The van der Waals surface area contributed by atoms with Gasteiger partial charge in [0.15, 0.2) is 5.82 Å². The maximum atomic E-state index is 13.4. The van der Waals surface area contributed by atoms with E-state index >= 15 is 0 Å². The molecule has 1 unspecified atom stereocenters. The zero-order valence-electron chi connectivity index (χ0n) is 16.5. The van der Waals surface area contributed by atoms with Gasteiger partial charge in [0, 0.05) is 18.0 Å². The minimum Gasteiger partial charge on any atom is -0.308 e. The molecule has 0 aliphatic rings. The van der Waals surface area contributed by atoms with E-state index in [-0.39, 0.29) is 17.6 Å². The van der Waals surface area contributed by atoms with Crippen LogP contribution < -0.4 is 5.32 Å². The number of carbonyl (C=O) groups is 1. The molecule has 4 rings (SSSR count). The van der Waals surface area contributed by atoms with Crippen LogP contribution in [-0.2, 0) is 4.79 Å². The van der Waals surface area contributed by atoms with Gasteiger partial charge in [0.1, 0.15) is 5.82 Å². The third-order valence-corrected chi connectivity index (χ3v) is 5.04. The third kappa shape index (κ3) is 3.98. The van der Waals surface area contributed by atoms with Gasteiger partial charge < -0.3 is 5.32 Å². The van der Waals surface area contributed by atoms with E-state index in [0.29, 0.717) is 17.9 Å². The number of aromatic amines is 1. The summed E-state index contributed by atoms with van der Waals surface area (Å²) in [6.45, 7) is 1.98. The normalized spacial score (nSPS) is 11.8. The minimum absolute atomic E-state index is 0.129. The molecule has 5 nitrogen and oxygen atoms in total. The number of nitrogens with one attached hydrogen (secondary N) is 2. The Bertz CT molecular complexity index is 1130. The molecule has 1 atom stereocenters. The molecule has 2 aromatic carbocycles. The number of pyridine rings is 1. The number of H-pyrrole nitrogens is 1. The van der Waals surface area contributed by atoms with Crippen LogP contribution >= 0.6 is 0 Å². The maximum Gasteiger partial charge on any atom is 0.233 e. The number of rotatable bonds is 6. The molecule has 1 amide bonds. The van der Waals surface area contributed by atoms with Gasteiger partial charge in [-0.15, -0.1) is 0 Å². The van der Waals surface area contributed by atoms with Crippen molar-refractivity contribution in [2.75, 3.05) is 5.32 Å². The molecule has 0 fully saturated rings. The van der Waals surface area contributed by atoms with Gasteiger partial charge >= 0.3 is 0 Å². The number of nitrogens with zero attached hydrogens (tertiary/aromatic N) is 2. The number of hydrogen-bond donors (Lipinski definition) is 2. The van der Waals surface area contributed by atoms with Crippen LogP contribution in [0.5, 0.6) is 0 Å². The van der Waals surface area contributed by atoms with Crippen molar-refractivity contribution in [1.29, 1.82) is 0 Å². The molecule has 0 spiro atoms. The quantitative estimate of drug-likeness (QED) is 0.455. The lowest BCUT2D eigenvalue weighted by Crippen LogP contribution is -2.21. The van der Waals surface area contributed by atoms with Gasteiger partial charge in [0.05, 0.1) is 17.2 Å². The molecule has 2 N–H and O–H groups in total. The van der Waals surface area contributed by atoms with E-state index in [0.717, 1.165) is 22.3 Å². The highest BCUT2D eigenvalue weighted by Crippen LogP contribution is 2.36. The van der Waals surface area contributed by atoms with Crippen molar-refractivity contribution >= 4 is 11.7 Å². The van der Waals surface area contributed by atoms with E-state index in [2.05, 4.69) is 20.5 Å². The molecule has 0 saturated carbocycles. The highest BCUT2D eigenvalue weighted by Gasteiger charge is 2.23. The Morgan fingerprint density at radius 2 is 1.70 bits per heavy atom. The Hall–Kier alpha value is -3.80. The van der Waals surface area contributed by atoms with Gasteiger partial charge in [-0.2, -0.15) is 5.10 Å². The fourth-order valence-corrected chi connectivity index (χ4v) is 3.52. The van der Waals surface area contributed by atoms with Gasteiger partial charge in [-0.1, -0.05) is 37.3 Å². The van der Waals surface area contributed by atoms with Crippen LogP contribution in [0, 0.1) is 5.82 Å². The van der Waals surface area contributed by atoms with Gasteiger partial charge in [-0.05, 0) is 53.9 Å². The van der Waals surface area contributed by atoms with Crippen molar-refractivity contribution in [3.05, 3.63) is 90.5 Å². The van der Waals surface area contributed by atoms with Crippen LogP contribution in [0.15, 0.2) is 79.1 Å². The van der Waals surface area contributed by atoms with E-state index in [9.17, 15) is 9.18 Å². The zero-order chi connectivity index (χ0) is 20.9. The highest BCUT2D eigenvalue weighted by atomic mass is 19.1. The number of hydrogen-bond acceptors (Lipinski definition) is 3. The molecule has 0 aliphatic carbocycles. The largest absolute Gasteiger partial charge is 0.308 e. The molecule has 2 aromatic heterocycles. The second-order valence-corrected chi connectivity index (χ2v) is 6.93. The van der Waals surface area contributed by atoms with Crippen LogP contribution in [-0.4, -0.2) is 21.1 Å². The summed E-state index contributed by atoms with van der Waals surface area (Å²) >= 11 is 0. The summed E-state index contributed by atoms with van der Waals surface area (Å²) in [7, 11) is 0. The van der Waals surface area contributed by atoms with Crippen LogP contribution in [0.1, 0.15) is 24.8 Å². The molecule has 0 saturated heterocycles. The molecule has 6 heteroatoms. The molecule has 0 radical (unpaired) electrons. The predicted molar refractivity (Wildman–Crippen MR) is 115 cm³/mol. The molecular weight excluding hydrogens is 379 g/mol. The fourth-order valence-electron chi connectivity index (χ4n) is 3.52. The number of anilines is 1. The lowest BCUT2D eigenvalue weighted by molar-refractivity contribution is -0.117. The molecule has 2 heterocycles. The van der Waals surface area contributed by atoms with E-state index in [1.165, 1.54) is 12.1 Å². The van der Waals surface area contributed by atoms with Crippen molar-refractivity contribution < 1.29 is 9.18 Å². The van der Waals surface area contributed by atoms with Crippen molar-refractivity contribution in [3.8, 4) is 22.4 Å². The Morgan fingerprint density at radius 1 is 1.00 bits per heavy atom. The molecule has 0 bridgehead atoms. The van der Waals surface area contributed by atoms with Crippen molar-refractivity contribution in [2.24, 2.45) is 0 Å². The number of benzene rings is 2. The minimum atomic E-state index is -0.314. The smallest absolute Gasteiger partial charge is 0.233 e. The predicted octanol–water partition coefficient (Wildman–Crippen LogP) is 5.41. The van der Waals surface area contributed by atoms with Crippen molar-refractivity contribution in [2.45, 2.75) is 19.3 Å². The second kappa shape index (κ2) is 8.69. The Balaban J connectivity index is 1.73. The lowest BCUT2D eigenvalue weighted by atomic mass is 9.95. The van der Waals surface area contributed by atoms with Crippen LogP contribution in [0.25, 0.3) is 22.4 Å². The third-order valence-electron chi connectivity index (χ3n) is 5.04. The summed E-state index contributed by atoms with van der Waals surface area (Å²) < 4.78 is 13.4. The first-order valence-electron chi connectivity index (χ1n) is 9.78. The molecule has 0 aliphatic heterocycles. The summed E-state index contributed by atoms with van der Waals surface area (Å²) in [6.07, 6.45) is 4.03. The first-order valence-corrected chi connectivity index (χ1v) is 9.78. The average Bonchev–Trinajstić information content (AvgIpc) is 3.19. The van der Waals surface area contributed by atoms with Gasteiger partial charge in [-0.3, -0.25) is 14.9 Å².